The van der Waals surface area contributed by atoms with E-state index in [-0.39, 0.29) is 5.56 Å². The Bertz CT molecular complexity index is 561. The van der Waals surface area contributed by atoms with E-state index in [0.29, 0.717) is 12.4 Å². The number of nitrogens with zero attached hydrogens (tertiary/aromatic N) is 1. The van der Waals surface area contributed by atoms with Gasteiger partial charge in [-0.05, 0) is 25.5 Å². The molecule has 0 saturated heterocycles. The Kier molecular flexibility index (Phi) is 3.23. The van der Waals surface area contributed by atoms with Gasteiger partial charge < -0.3 is 5.32 Å². The number of hydrogen-bond donors (Lipinski definition) is 2. The van der Waals surface area contributed by atoms with Crippen LogP contribution in [0.5, 0.6) is 0 Å². The van der Waals surface area contributed by atoms with Gasteiger partial charge in [-0.15, -0.1) is 0 Å². The first-order valence-electron chi connectivity index (χ1n) is 5.62. The Morgan fingerprint density at radius 2 is 2.00 bits per heavy atom. The molecule has 0 fully saturated rings. The zero-order chi connectivity index (χ0) is 12.3. The van der Waals surface area contributed by atoms with E-state index in [9.17, 15) is 4.79 Å². The highest BCUT2D eigenvalue weighted by Gasteiger charge is 2.05. The smallest absolute Gasteiger partial charge is 0.255 e. The third-order valence-electron chi connectivity index (χ3n) is 2.61. The molecule has 2 N–H and O–H groups in total. The van der Waals surface area contributed by atoms with E-state index >= 15 is 0 Å². The summed E-state index contributed by atoms with van der Waals surface area (Å²) in [5, 5.41) is 3.07. The zero-order valence-corrected chi connectivity index (χ0v) is 9.95. The summed E-state index contributed by atoms with van der Waals surface area (Å²) in [5.41, 5.74) is 2.34. The van der Waals surface area contributed by atoms with Gasteiger partial charge in [0.15, 0.2) is 0 Å². The quantitative estimate of drug-likeness (QED) is 0.849. The molecule has 0 saturated carbocycles. The van der Waals surface area contributed by atoms with Crippen LogP contribution in [0, 0.1) is 6.92 Å². The molecular formula is C13H15N3O. The van der Waals surface area contributed by atoms with Gasteiger partial charge in [0.05, 0.1) is 0 Å². The molecule has 17 heavy (non-hydrogen) atoms. The van der Waals surface area contributed by atoms with Crippen molar-refractivity contribution in [1.82, 2.24) is 9.97 Å². The molecule has 0 aliphatic rings. The van der Waals surface area contributed by atoms with E-state index in [2.05, 4.69) is 15.3 Å². The van der Waals surface area contributed by atoms with Crippen molar-refractivity contribution in [3.63, 3.8) is 0 Å². The maximum absolute atomic E-state index is 11.7. The minimum atomic E-state index is -0.0709. The predicted octanol–water partition coefficient (Wildman–Crippen LogP) is 2.38. The highest BCUT2D eigenvalue weighted by molar-refractivity contribution is 5.52. The summed E-state index contributed by atoms with van der Waals surface area (Å²) in [5.74, 6) is 0.482. The summed E-state index contributed by atoms with van der Waals surface area (Å²) in [4.78, 5) is 18.8. The monoisotopic (exact) mass is 229 g/mol. The van der Waals surface area contributed by atoms with Crippen molar-refractivity contribution < 1.29 is 0 Å². The third-order valence-corrected chi connectivity index (χ3v) is 2.61. The van der Waals surface area contributed by atoms with Gasteiger partial charge in [-0.2, -0.15) is 0 Å². The minimum absolute atomic E-state index is 0.0709. The predicted molar refractivity (Wildman–Crippen MR) is 68.7 cm³/mol. The van der Waals surface area contributed by atoms with Crippen molar-refractivity contribution in [1.29, 1.82) is 0 Å². The van der Waals surface area contributed by atoms with Gasteiger partial charge >= 0.3 is 0 Å². The number of benzene rings is 1. The number of aryl methyl sites for hydroxylation is 1. The topological polar surface area (TPSA) is 57.8 Å². The Morgan fingerprint density at radius 1 is 1.29 bits per heavy atom. The fourth-order valence-corrected chi connectivity index (χ4v) is 1.74. The van der Waals surface area contributed by atoms with Crippen LogP contribution in [0.4, 0.5) is 11.6 Å². The summed E-state index contributed by atoms with van der Waals surface area (Å²) < 4.78 is 0. The first-order chi connectivity index (χ1) is 8.20. The van der Waals surface area contributed by atoms with Crippen LogP contribution in [0.15, 0.2) is 35.1 Å². The van der Waals surface area contributed by atoms with E-state index < -0.39 is 0 Å². The van der Waals surface area contributed by atoms with Crippen molar-refractivity contribution in [3.8, 4) is 0 Å². The molecule has 0 amide bonds. The number of hydrogen-bond acceptors (Lipinski definition) is 3. The van der Waals surface area contributed by atoms with Crippen LogP contribution in [-0.2, 0) is 6.42 Å². The second-order valence-electron chi connectivity index (χ2n) is 3.82. The van der Waals surface area contributed by atoms with Crippen LogP contribution >= 0.6 is 0 Å². The summed E-state index contributed by atoms with van der Waals surface area (Å²) in [7, 11) is 0. The SMILES string of the molecule is CCc1c(C)nc(Nc2ccccc2)[nH]c1=O. The van der Waals surface area contributed by atoms with Gasteiger partial charge in [0.1, 0.15) is 0 Å². The number of H-pyrrole nitrogens is 1. The van der Waals surface area contributed by atoms with Crippen LogP contribution < -0.4 is 10.9 Å². The molecule has 1 heterocycles. The first kappa shape index (κ1) is 11.4. The van der Waals surface area contributed by atoms with Crippen molar-refractivity contribution >= 4 is 11.6 Å². The Morgan fingerprint density at radius 3 is 2.59 bits per heavy atom. The fourth-order valence-electron chi connectivity index (χ4n) is 1.74. The average Bonchev–Trinajstić information content (AvgIpc) is 2.30. The van der Waals surface area contributed by atoms with Gasteiger partial charge in [0.2, 0.25) is 5.95 Å². The minimum Gasteiger partial charge on any atom is -0.326 e. The standard InChI is InChI=1S/C13H15N3O/c1-3-11-9(2)14-13(16-12(11)17)15-10-7-5-4-6-8-10/h4-8H,3H2,1-2H3,(H2,14,15,16,17). The van der Waals surface area contributed by atoms with Crippen molar-refractivity contribution in [2.75, 3.05) is 5.32 Å². The Hall–Kier alpha value is -2.10. The molecule has 4 nitrogen and oxygen atoms in total. The lowest BCUT2D eigenvalue weighted by Gasteiger charge is -2.07. The molecule has 1 aromatic heterocycles. The number of aromatic nitrogens is 2. The van der Waals surface area contributed by atoms with Gasteiger partial charge in [0.25, 0.3) is 5.56 Å². The number of para-hydroxylation sites is 1. The van der Waals surface area contributed by atoms with E-state index in [4.69, 9.17) is 0 Å². The molecule has 88 valence electrons. The van der Waals surface area contributed by atoms with Crippen LogP contribution in [-0.4, -0.2) is 9.97 Å². The molecule has 1 aromatic carbocycles. The van der Waals surface area contributed by atoms with E-state index in [1.54, 1.807) is 0 Å². The average molecular weight is 229 g/mol. The summed E-state index contributed by atoms with van der Waals surface area (Å²) in [6, 6.07) is 9.63. The van der Waals surface area contributed by atoms with E-state index in [1.165, 1.54) is 0 Å². The molecule has 2 rings (SSSR count). The molecule has 0 unspecified atom stereocenters. The first-order valence-corrected chi connectivity index (χ1v) is 5.62. The normalized spacial score (nSPS) is 10.2. The summed E-state index contributed by atoms with van der Waals surface area (Å²) in [6.07, 6.45) is 0.694. The molecule has 2 aromatic rings. The van der Waals surface area contributed by atoms with Crippen LogP contribution in [0.2, 0.25) is 0 Å². The number of aromatic amines is 1. The largest absolute Gasteiger partial charge is 0.326 e. The summed E-state index contributed by atoms with van der Waals surface area (Å²) >= 11 is 0. The molecule has 0 atom stereocenters. The van der Waals surface area contributed by atoms with Crippen molar-refractivity contribution in [3.05, 3.63) is 51.9 Å². The van der Waals surface area contributed by atoms with E-state index in [0.717, 1.165) is 16.9 Å². The zero-order valence-electron chi connectivity index (χ0n) is 9.95. The number of anilines is 2. The van der Waals surface area contributed by atoms with Gasteiger partial charge in [-0.25, -0.2) is 4.98 Å². The van der Waals surface area contributed by atoms with Crippen molar-refractivity contribution in [2.45, 2.75) is 20.3 Å². The van der Waals surface area contributed by atoms with Crippen molar-refractivity contribution in [2.24, 2.45) is 0 Å². The molecule has 0 radical (unpaired) electrons. The lowest BCUT2D eigenvalue weighted by Crippen LogP contribution is -2.17. The van der Waals surface area contributed by atoms with Gasteiger partial charge in [-0.3, -0.25) is 9.78 Å². The highest BCUT2D eigenvalue weighted by atomic mass is 16.1. The summed E-state index contributed by atoms with van der Waals surface area (Å²) in [6.45, 7) is 3.80. The van der Waals surface area contributed by atoms with E-state index in [1.807, 2.05) is 44.2 Å². The second-order valence-corrected chi connectivity index (χ2v) is 3.82. The second kappa shape index (κ2) is 4.82. The van der Waals surface area contributed by atoms with Crippen LogP contribution in [0.1, 0.15) is 18.2 Å². The molecule has 4 heteroatoms. The molecule has 0 aliphatic heterocycles. The Balaban J connectivity index is 2.32. The lowest BCUT2D eigenvalue weighted by molar-refractivity contribution is 0.967. The number of rotatable bonds is 3. The lowest BCUT2D eigenvalue weighted by atomic mass is 10.2. The molecule has 0 aliphatic carbocycles. The van der Waals surface area contributed by atoms with Crippen LogP contribution in [0.3, 0.4) is 0 Å². The molecule has 0 bridgehead atoms. The van der Waals surface area contributed by atoms with Gasteiger partial charge in [-0.1, -0.05) is 25.1 Å². The van der Waals surface area contributed by atoms with Crippen LogP contribution in [0.25, 0.3) is 0 Å². The maximum Gasteiger partial charge on any atom is 0.255 e. The van der Waals surface area contributed by atoms with Gasteiger partial charge in [0, 0.05) is 16.9 Å². The Labute approximate surface area is 99.7 Å². The number of nitrogens with one attached hydrogen (secondary N) is 2. The molecule has 0 spiro atoms. The fraction of sp³-hybridized carbons (Fsp3) is 0.231. The highest BCUT2D eigenvalue weighted by Crippen LogP contribution is 2.11. The maximum atomic E-state index is 11.7. The molecular weight excluding hydrogens is 214 g/mol. The third kappa shape index (κ3) is 2.53.